The summed E-state index contributed by atoms with van der Waals surface area (Å²) in [5.41, 5.74) is 0.0778. The molecule has 10 heteroatoms. The fraction of sp³-hybridized carbons (Fsp3) is 0.176. The lowest BCUT2D eigenvalue weighted by atomic mass is 10.2. The number of aryl methyl sites for hydroxylation is 1. The zero-order valence-electron chi connectivity index (χ0n) is 14.2. The molecule has 0 spiro atoms. The van der Waals surface area contributed by atoms with Crippen LogP contribution in [0.15, 0.2) is 40.1 Å². The van der Waals surface area contributed by atoms with Crippen LogP contribution in [0.3, 0.4) is 0 Å². The molecule has 27 heavy (non-hydrogen) atoms. The molecule has 2 aromatic heterocycles. The average Bonchev–Trinajstić information content (AvgIpc) is 2.62. The zero-order valence-corrected chi connectivity index (χ0v) is 14.2. The number of fused-ring (bicyclic) bond motifs is 1. The number of alkyl halides is 3. The van der Waals surface area contributed by atoms with Crippen LogP contribution in [0.1, 0.15) is 11.3 Å². The normalized spacial score (nSPS) is 12.0. The summed E-state index contributed by atoms with van der Waals surface area (Å²) >= 11 is 0. The monoisotopic (exact) mass is 378 g/mol. The number of hydrogen-bond donors (Lipinski definition) is 0. The maximum absolute atomic E-state index is 12.2. The molecular formula is C17H13F3N4O3. The Hall–Kier alpha value is -3.43. The molecule has 0 saturated heterocycles. The van der Waals surface area contributed by atoms with Crippen molar-refractivity contribution in [2.45, 2.75) is 6.36 Å². The largest absolute Gasteiger partial charge is 0.573 e. The van der Waals surface area contributed by atoms with E-state index in [0.717, 1.165) is 4.57 Å². The van der Waals surface area contributed by atoms with Crippen LogP contribution in [0.2, 0.25) is 0 Å². The highest BCUT2D eigenvalue weighted by molar-refractivity contribution is 5.73. The molecule has 0 unspecified atom stereocenters. The van der Waals surface area contributed by atoms with Gasteiger partial charge in [-0.1, -0.05) is 18.2 Å². The molecule has 0 aliphatic rings. The van der Waals surface area contributed by atoms with Gasteiger partial charge in [-0.2, -0.15) is 0 Å². The molecule has 2 heterocycles. The molecule has 0 aliphatic heterocycles. The number of benzene rings is 1. The quantitative estimate of drug-likeness (QED) is 0.697. The van der Waals surface area contributed by atoms with Crippen LogP contribution >= 0.6 is 0 Å². The Bertz CT molecular complexity index is 1150. The van der Waals surface area contributed by atoms with E-state index < -0.39 is 17.6 Å². The molecule has 0 saturated carbocycles. The lowest BCUT2D eigenvalue weighted by Gasteiger charge is -2.08. The van der Waals surface area contributed by atoms with E-state index in [1.54, 1.807) is 12.2 Å². The van der Waals surface area contributed by atoms with E-state index in [4.69, 9.17) is 0 Å². The second kappa shape index (κ2) is 6.71. The van der Waals surface area contributed by atoms with Crippen molar-refractivity contribution in [3.63, 3.8) is 0 Å². The second-order valence-electron chi connectivity index (χ2n) is 5.62. The van der Waals surface area contributed by atoms with Gasteiger partial charge in [-0.25, -0.2) is 14.8 Å². The van der Waals surface area contributed by atoms with Gasteiger partial charge in [0, 0.05) is 14.1 Å². The Labute approximate surface area is 150 Å². The Morgan fingerprint density at radius 2 is 1.70 bits per heavy atom. The molecule has 0 atom stereocenters. The van der Waals surface area contributed by atoms with E-state index in [9.17, 15) is 22.8 Å². The number of hydrogen-bond acceptors (Lipinski definition) is 5. The van der Waals surface area contributed by atoms with E-state index in [0.29, 0.717) is 11.3 Å². The van der Waals surface area contributed by atoms with Crippen LogP contribution in [-0.2, 0) is 14.1 Å². The molecular weight excluding hydrogens is 365 g/mol. The number of halogens is 3. The Morgan fingerprint density at radius 3 is 2.33 bits per heavy atom. The average molecular weight is 378 g/mol. The fourth-order valence-corrected chi connectivity index (χ4v) is 2.39. The van der Waals surface area contributed by atoms with E-state index in [-0.39, 0.29) is 16.9 Å². The molecule has 0 bridgehead atoms. The highest BCUT2D eigenvalue weighted by atomic mass is 19.4. The van der Waals surface area contributed by atoms with Crippen molar-refractivity contribution in [2.75, 3.05) is 0 Å². The predicted octanol–water partition coefficient (Wildman–Crippen LogP) is 2.10. The van der Waals surface area contributed by atoms with Crippen LogP contribution in [0.25, 0.3) is 23.3 Å². The molecule has 0 N–H and O–H groups in total. The first-order valence-corrected chi connectivity index (χ1v) is 7.62. The fourth-order valence-electron chi connectivity index (χ4n) is 2.39. The van der Waals surface area contributed by atoms with Crippen molar-refractivity contribution in [1.82, 2.24) is 19.1 Å². The van der Waals surface area contributed by atoms with Crippen LogP contribution < -0.4 is 16.0 Å². The van der Waals surface area contributed by atoms with Gasteiger partial charge >= 0.3 is 12.1 Å². The SMILES string of the molecule is Cn1c(=O)c2nc(C=Cc3ccc(OC(F)(F)F)cc3)cnc2n(C)c1=O. The van der Waals surface area contributed by atoms with Crippen LogP contribution in [0.4, 0.5) is 13.2 Å². The summed E-state index contributed by atoms with van der Waals surface area (Å²) in [5, 5.41) is 0. The van der Waals surface area contributed by atoms with Gasteiger partial charge in [0.25, 0.3) is 5.56 Å². The molecule has 0 aliphatic carbocycles. The maximum atomic E-state index is 12.2. The van der Waals surface area contributed by atoms with Crippen LogP contribution in [0.5, 0.6) is 5.75 Å². The van der Waals surface area contributed by atoms with Crippen molar-refractivity contribution < 1.29 is 17.9 Å². The van der Waals surface area contributed by atoms with Crippen LogP contribution in [0, 0.1) is 0 Å². The summed E-state index contributed by atoms with van der Waals surface area (Å²) in [7, 11) is 2.83. The summed E-state index contributed by atoms with van der Waals surface area (Å²) < 4.78 is 42.4. The summed E-state index contributed by atoms with van der Waals surface area (Å²) in [4.78, 5) is 32.4. The summed E-state index contributed by atoms with van der Waals surface area (Å²) in [6.07, 6.45) is -0.209. The van der Waals surface area contributed by atoms with E-state index in [2.05, 4.69) is 14.7 Å². The minimum atomic E-state index is -4.75. The Kier molecular flexibility index (Phi) is 4.56. The molecule has 3 rings (SSSR count). The van der Waals surface area contributed by atoms with Crippen molar-refractivity contribution in [2.24, 2.45) is 14.1 Å². The van der Waals surface area contributed by atoms with Crippen molar-refractivity contribution >= 4 is 23.3 Å². The third-order valence-electron chi connectivity index (χ3n) is 3.73. The maximum Gasteiger partial charge on any atom is 0.573 e. The zero-order chi connectivity index (χ0) is 19.8. The predicted molar refractivity (Wildman–Crippen MR) is 92.1 cm³/mol. The third kappa shape index (κ3) is 3.89. The van der Waals surface area contributed by atoms with Crippen molar-refractivity contribution in [3.8, 4) is 5.75 Å². The van der Waals surface area contributed by atoms with E-state index in [1.165, 1.54) is 49.1 Å². The summed E-state index contributed by atoms with van der Waals surface area (Å²) in [5.74, 6) is -0.324. The highest BCUT2D eigenvalue weighted by Gasteiger charge is 2.30. The Balaban J connectivity index is 1.91. The Morgan fingerprint density at radius 1 is 1.04 bits per heavy atom. The van der Waals surface area contributed by atoms with Gasteiger partial charge in [0.2, 0.25) is 0 Å². The summed E-state index contributed by atoms with van der Waals surface area (Å²) in [6.45, 7) is 0. The molecule has 7 nitrogen and oxygen atoms in total. The highest BCUT2D eigenvalue weighted by Crippen LogP contribution is 2.23. The number of ether oxygens (including phenoxy) is 1. The van der Waals surface area contributed by atoms with Crippen molar-refractivity contribution in [1.29, 1.82) is 0 Å². The number of rotatable bonds is 3. The minimum Gasteiger partial charge on any atom is -0.406 e. The number of aromatic nitrogens is 4. The lowest BCUT2D eigenvalue weighted by molar-refractivity contribution is -0.274. The van der Waals surface area contributed by atoms with Gasteiger partial charge in [0.05, 0.1) is 11.9 Å². The van der Waals surface area contributed by atoms with Gasteiger partial charge < -0.3 is 4.74 Å². The summed E-state index contributed by atoms with van der Waals surface area (Å²) in [6, 6.07) is 5.25. The number of nitrogens with zero attached hydrogens (tertiary/aromatic N) is 4. The molecule has 0 radical (unpaired) electrons. The molecule has 0 amide bonds. The minimum absolute atomic E-state index is 0.0377. The first-order chi connectivity index (χ1) is 12.7. The van der Waals surface area contributed by atoms with Gasteiger partial charge in [-0.15, -0.1) is 13.2 Å². The topological polar surface area (TPSA) is 79.0 Å². The third-order valence-corrected chi connectivity index (χ3v) is 3.73. The first-order valence-electron chi connectivity index (χ1n) is 7.62. The standard InChI is InChI=1S/C17H13F3N4O3/c1-23-14-13(15(25)24(2)16(23)26)22-11(9-21-14)6-3-10-4-7-12(8-5-10)27-17(18,19)20/h3-9H,1-2H3. The van der Waals surface area contributed by atoms with Gasteiger partial charge in [-0.3, -0.25) is 13.9 Å². The second-order valence-corrected chi connectivity index (χ2v) is 5.62. The van der Waals surface area contributed by atoms with Gasteiger partial charge in [0.1, 0.15) is 5.75 Å². The van der Waals surface area contributed by atoms with Crippen LogP contribution in [-0.4, -0.2) is 25.5 Å². The lowest BCUT2D eigenvalue weighted by Crippen LogP contribution is -2.37. The molecule has 140 valence electrons. The van der Waals surface area contributed by atoms with E-state index in [1.807, 2.05) is 0 Å². The smallest absolute Gasteiger partial charge is 0.406 e. The first kappa shape index (κ1) is 18.4. The van der Waals surface area contributed by atoms with Gasteiger partial charge in [0.15, 0.2) is 11.2 Å². The molecule has 1 aromatic carbocycles. The van der Waals surface area contributed by atoms with E-state index >= 15 is 0 Å². The molecule has 3 aromatic rings. The van der Waals surface area contributed by atoms with Crippen molar-refractivity contribution in [3.05, 3.63) is 62.6 Å². The van der Waals surface area contributed by atoms with Gasteiger partial charge in [-0.05, 0) is 23.8 Å². The molecule has 0 fully saturated rings.